The molecule has 4 nitrogen and oxygen atoms in total. The molecule has 0 amide bonds. The van der Waals surface area contributed by atoms with E-state index >= 15 is 0 Å². The molecule has 1 N–H and O–H groups in total. The smallest absolute Gasteiger partial charge is 0.147 e. The number of nitrogens with zero attached hydrogens (tertiary/aromatic N) is 2. The summed E-state index contributed by atoms with van der Waals surface area (Å²) in [5, 5.41) is 12.0. The maximum Gasteiger partial charge on any atom is 0.147 e. The lowest BCUT2D eigenvalue weighted by atomic mass is 10.2. The van der Waals surface area contributed by atoms with Crippen LogP contribution in [0.25, 0.3) is 0 Å². The Morgan fingerprint density at radius 2 is 2.00 bits per heavy atom. The zero-order valence-corrected chi connectivity index (χ0v) is 10.8. The second-order valence-electron chi connectivity index (χ2n) is 4.07. The summed E-state index contributed by atoms with van der Waals surface area (Å²) in [5.41, 5.74) is 1.55. The quantitative estimate of drug-likeness (QED) is 0.885. The Kier molecular flexibility index (Phi) is 4.35. The molecule has 1 aromatic carbocycles. The van der Waals surface area contributed by atoms with Gasteiger partial charge in [-0.2, -0.15) is 5.26 Å². The van der Waals surface area contributed by atoms with Crippen LogP contribution in [0.15, 0.2) is 42.7 Å². The molecule has 2 rings (SSSR count). The van der Waals surface area contributed by atoms with Gasteiger partial charge in [-0.25, -0.2) is 0 Å². The largest absolute Gasteiger partial charge is 0.456 e. The molecule has 0 aliphatic carbocycles. The molecule has 1 aromatic heterocycles. The fraction of sp³-hybridized carbons (Fsp3) is 0.200. The van der Waals surface area contributed by atoms with E-state index in [1.54, 1.807) is 36.7 Å². The van der Waals surface area contributed by atoms with Gasteiger partial charge in [0.15, 0.2) is 0 Å². The van der Waals surface area contributed by atoms with Crippen LogP contribution in [0.1, 0.15) is 18.9 Å². The van der Waals surface area contributed by atoms with Gasteiger partial charge in [0.05, 0.1) is 29.7 Å². The number of nitrogens with one attached hydrogen (secondary N) is 1. The number of hydrogen-bond donors (Lipinski definition) is 1. The van der Waals surface area contributed by atoms with Crippen molar-refractivity contribution in [2.75, 3.05) is 11.9 Å². The van der Waals surface area contributed by atoms with Crippen molar-refractivity contribution in [1.82, 2.24) is 4.98 Å². The van der Waals surface area contributed by atoms with E-state index in [1.807, 2.05) is 6.07 Å². The van der Waals surface area contributed by atoms with Crippen molar-refractivity contribution in [1.29, 1.82) is 5.26 Å². The van der Waals surface area contributed by atoms with Crippen LogP contribution in [-0.2, 0) is 0 Å². The van der Waals surface area contributed by atoms with Crippen LogP contribution in [0.2, 0.25) is 0 Å². The Balaban J connectivity index is 2.07. The zero-order chi connectivity index (χ0) is 13.5. The van der Waals surface area contributed by atoms with Crippen molar-refractivity contribution in [2.24, 2.45) is 0 Å². The monoisotopic (exact) mass is 253 g/mol. The van der Waals surface area contributed by atoms with Gasteiger partial charge in [-0.1, -0.05) is 6.92 Å². The molecule has 0 radical (unpaired) electrons. The molecular weight excluding hydrogens is 238 g/mol. The Hall–Kier alpha value is -2.54. The first-order chi connectivity index (χ1) is 9.31. The van der Waals surface area contributed by atoms with E-state index in [9.17, 15) is 0 Å². The minimum absolute atomic E-state index is 0.615. The molecule has 4 heteroatoms. The standard InChI is InChI=1S/C15H15N3O/c1-2-7-18-13-8-15(11-17-10-13)19-14-5-3-12(9-16)4-6-14/h3-6,8,10-11,18H,2,7H2,1H3. The highest BCUT2D eigenvalue weighted by Gasteiger charge is 2.00. The van der Waals surface area contributed by atoms with Gasteiger partial charge in [-0.15, -0.1) is 0 Å². The molecule has 96 valence electrons. The molecule has 0 saturated carbocycles. The highest BCUT2D eigenvalue weighted by atomic mass is 16.5. The van der Waals surface area contributed by atoms with E-state index in [0.717, 1.165) is 18.7 Å². The van der Waals surface area contributed by atoms with E-state index in [0.29, 0.717) is 17.1 Å². The van der Waals surface area contributed by atoms with E-state index in [2.05, 4.69) is 23.3 Å². The molecule has 1 heterocycles. The van der Waals surface area contributed by atoms with Gasteiger partial charge < -0.3 is 10.1 Å². The highest BCUT2D eigenvalue weighted by Crippen LogP contribution is 2.23. The summed E-state index contributed by atoms with van der Waals surface area (Å²) in [6.07, 6.45) is 4.48. The average Bonchev–Trinajstić information content (AvgIpc) is 2.46. The van der Waals surface area contributed by atoms with Crippen molar-refractivity contribution >= 4 is 5.69 Å². The molecule has 0 aliphatic heterocycles. The number of pyridine rings is 1. The predicted octanol–water partition coefficient (Wildman–Crippen LogP) is 3.57. The SMILES string of the molecule is CCCNc1cncc(Oc2ccc(C#N)cc2)c1. The number of aromatic nitrogens is 1. The van der Waals surface area contributed by atoms with Crippen molar-refractivity contribution in [3.05, 3.63) is 48.3 Å². The van der Waals surface area contributed by atoms with Gasteiger partial charge in [0.2, 0.25) is 0 Å². The zero-order valence-electron chi connectivity index (χ0n) is 10.8. The summed E-state index contributed by atoms with van der Waals surface area (Å²) >= 11 is 0. The van der Waals surface area contributed by atoms with Crippen molar-refractivity contribution in [2.45, 2.75) is 13.3 Å². The number of benzene rings is 1. The van der Waals surface area contributed by atoms with E-state index in [1.165, 1.54) is 0 Å². The molecule has 0 aliphatic rings. The van der Waals surface area contributed by atoms with Crippen LogP contribution in [0, 0.1) is 11.3 Å². The third-order valence-electron chi connectivity index (χ3n) is 2.51. The Morgan fingerprint density at radius 3 is 2.68 bits per heavy atom. The van der Waals surface area contributed by atoms with Crippen LogP contribution < -0.4 is 10.1 Å². The fourth-order valence-corrected chi connectivity index (χ4v) is 1.57. The Morgan fingerprint density at radius 1 is 1.21 bits per heavy atom. The van der Waals surface area contributed by atoms with Crippen LogP contribution in [-0.4, -0.2) is 11.5 Å². The molecule has 0 bridgehead atoms. The van der Waals surface area contributed by atoms with Crippen LogP contribution in [0.5, 0.6) is 11.5 Å². The van der Waals surface area contributed by atoms with Gasteiger partial charge in [0.25, 0.3) is 0 Å². The minimum atomic E-state index is 0.615. The van der Waals surface area contributed by atoms with E-state index in [-0.39, 0.29) is 0 Å². The maximum atomic E-state index is 8.73. The second-order valence-corrected chi connectivity index (χ2v) is 4.07. The van der Waals surface area contributed by atoms with Crippen LogP contribution >= 0.6 is 0 Å². The van der Waals surface area contributed by atoms with Gasteiger partial charge in [-0.05, 0) is 30.7 Å². The summed E-state index contributed by atoms with van der Waals surface area (Å²) in [6, 6.07) is 11.0. The predicted molar refractivity (Wildman–Crippen MR) is 74.2 cm³/mol. The highest BCUT2D eigenvalue weighted by molar-refractivity contribution is 5.46. The first kappa shape index (κ1) is 12.9. The van der Waals surface area contributed by atoms with Crippen molar-refractivity contribution in [3.8, 4) is 17.6 Å². The van der Waals surface area contributed by atoms with Gasteiger partial charge in [-0.3, -0.25) is 4.98 Å². The lowest BCUT2D eigenvalue weighted by molar-refractivity contribution is 0.480. The molecular formula is C15H15N3O. The molecule has 2 aromatic rings. The number of nitriles is 1. The van der Waals surface area contributed by atoms with Crippen LogP contribution in [0.4, 0.5) is 5.69 Å². The van der Waals surface area contributed by atoms with Gasteiger partial charge >= 0.3 is 0 Å². The molecule has 0 spiro atoms. The van der Waals surface area contributed by atoms with E-state index < -0.39 is 0 Å². The molecule has 0 unspecified atom stereocenters. The number of ether oxygens (including phenoxy) is 1. The van der Waals surface area contributed by atoms with E-state index in [4.69, 9.17) is 10.00 Å². The van der Waals surface area contributed by atoms with Crippen molar-refractivity contribution in [3.63, 3.8) is 0 Å². The summed E-state index contributed by atoms with van der Waals surface area (Å²) in [7, 11) is 0. The summed E-state index contributed by atoms with van der Waals surface area (Å²) < 4.78 is 5.69. The normalized spacial score (nSPS) is 9.68. The Labute approximate surface area is 112 Å². The third-order valence-corrected chi connectivity index (χ3v) is 2.51. The number of rotatable bonds is 5. The van der Waals surface area contributed by atoms with Crippen LogP contribution in [0.3, 0.4) is 0 Å². The second kappa shape index (κ2) is 6.41. The molecule has 0 fully saturated rings. The lowest BCUT2D eigenvalue weighted by Crippen LogP contribution is -2.00. The summed E-state index contributed by atoms with van der Waals surface area (Å²) in [6.45, 7) is 3.01. The number of anilines is 1. The first-order valence-corrected chi connectivity index (χ1v) is 6.18. The fourth-order valence-electron chi connectivity index (χ4n) is 1.57. The number of hydrogen-bond acceptors (Lipinski definition) is 4. The summed E-state index contributed by atoms with van der Waals surface area (Å²) in [5.74, 6) is 1.36. The molecule has 19 heavy (non-hydrogen) atoms. The molecule has 0 atom stereocenters. The van der Waals surface area contributed by atoms with Crippen molar-refractivity contribution < 1.29 is 4.74 Å². The minimum Gasteiger partial charge on any atom is -0.456 e. The summed E-state index contributed by atoms with van der Waals surface area (Å²) in [4.78, 5) is 4.13. The van der Waals surface area contributed by atoms with Gasteiger partial charge in [0.1, 0.15) is 11.5 Å². The third kappa shape index (κ3) is 3.71. The first-order valence-electron chi connectivity index (χ1n) is 6.18. The lowest BCUT2D eigenvalue weighted by Gasteiger charge is -2.08. The molecule has 0 saturated heterocycles. The maximum absolute atomic E-state index is 8.73. The Bertz CT molecular complexity index is 573. The average molecular weight is 253 g/mol. The van der Waals surface area contributed by atoms with Gasteiger partial charge in [0, 0.05) is 12.6 Å². The topological polar surface area (TPSA) is 57.9 Å².